The van der Waals surface area contributed by atoms with Gasteiger partial charge in [0.1, 0.15) is 6.23 Å². The molecule has 0 aliphatic rings. The Bertz CT molecular complexity index is 479. The van der Waals surface area contributed by atoms with E-state index in [9.17, 15) is 5.11 Å². The van der Waals surface area contributed by atoms with Crippen molar-refractivity contribution in [3.8, 4) is 0 Å². The summed E-state index contributed by atoms with van der Waals surface area (Å²) in [5.41, 5.74) is 11.7. The molecule has 0 aliphatic heterocycles. The maximum absolute atomic E-state index is 9.33. The van der Waals surface area contributed by atoms with Crippen LogP contribution in [0.3, 0.4) is 0 Å². The number of hydrogen-bond acceptors (Lipinski definition) is 4. The van der Waals surface area contributed by atoms with E-state index in [1.165, 1.54) is 16.7 Å². The SMILES string of the molecule is Cc1cc(/C(=C/N)CN[C@@H](C)O)cc(CN(C)C)c1C. The maximum atomic E-state index is 9.33. The summed E-state index contributed by atoms with van der Waals surface area (Å²) in [6, 6.07) is 4.33. The van der Waals surface area contributed by atoms with E-state index in [0.717, 1.165) is 17.7 Å². The number of aliphatic hydroxyl groups excluding tert-OH is 1. The van der Waals surface area contributed by atoms with Crippen LogP contribution in [0.4, 0.5) is 0 Å². The second-order valence-electron chi connectivity index (χ2n) is 5.56. The summed E-state index contributed by atoms with van der Waals surface area (Å²) in [4.78, 5) is 2.16. The van der Waals surface area contributed by atoms with E-state index in [-0.39, 0.29) is 0 Å². The summed E-state index contributed by atoms with van der Waals surface area (Å²) in [6.45, 7) is 7.43. The Hall–Kier alpha value is -1.36. The largest absolute Gasteiger partial charge is 0.404 e. The molecule has 20 heavy (non-hydrogen) atoms. The van der Waals surface area contributed by atoms with Crippen molar-refractivity contribution in [2.45, 2.75) is 33.5 Å². The molecule has 4 N–H and O–H groups in total. The molecule has 1 atom stereocenters. The van der Waals surface area contributed by atoms with Crippen molar-refractivity contribution in [1.29, 1.82) is 0 Å². The number of nitrogens with two attached hydrogens (primary N) is 1. The van der Waals surface area contributed by atoms with Crippen molar-refractivity contribution in [2.75, 3.05) is 20.6 Å². The van der Waals surface area contributed by atoms with Gasteiger partial charge in [0.2, 0.25) is 0 Å². The minimum absolute atomic E-state index is 0.544. The van der Waals surface area contributed by atoms with Crippen LogP contribution in [0.1, 0.15) is 29.2 Å². The lowest BCUT2D eigenvalue weighted by Gasteiger charge is -2.18. The third-order valence-electron chi connectivity index (χ3n) is 3.42. The molecular formula is C16H27N3O. The Morgan fingerprint density at radius 1 is 1.40 bits per heavy atom. The smallest absolute Gasteiger partial charge is 0.102 e. The van der Waals surface area contributed by atoms with Gasteiger partial charge in [0.25, 0.3) is 0 Å². The van der Waals surface area contributed by atoms with Crippen LogP contribution in [0.2, 0.25) is 0 Å². The summed E-state index contributed by atoms with van der Waals surface area (Å²) in [5, 5.41) is 12.3. The van der Waals surface area contributed by atoms with Crippen molar-refractivity contribution in [1.82, 2.24) is 10.2 Å². The Balaban J connectivity index is 3.08. The molecule has 0 amide bonds. The van der Waals surface area contributed by atoms with Crippen molar-refractivity contribution >= 4 is 5.57 Å². The minimum Gasteiger partial charge on any atom is -0.404 e. The van der Waals surface area contributed by atoms with Crippen LogP contribution in [0, 0.1) is 13.8 Å². The highest BCUT2D eigenvalue weighted by atomic mass is 16.3. The van der Waals surface area contributed by atoms with Gasteiger partial charge in [-0.1, -0.05) is 6.07 Å². The molecule has 0 saturated heterocycles. The third kappa shape index (κ3) is 4.63. The van der Waals surface area contributed by atoms with Crippen molar-refractivity contribution in [3.63, 3.8) is 0 Å². The fourth-order valence-corrected chi connectivity index (χ4v) is 2.14. The molecule has 0 saturated carbocycles. The van der Waals surface area contributed by atoms with Crippen LogP contribution in [-0.2, 0) is 6.54 Å². The van der Waals surface area contributed by atoms with Crippen LogP contribution >= 0.6 is 0 Å². The highest BCUT2D eigenvalue weighted by Gasteiger charge is 2.09. The number of benzene rings is 1. The van der Waals surface area contributed by atoms with E-state index >= 15 is 0 Å². The molecule has 0 unspecified atom stereocenters. The van der Waals surface area contributed by atoms with Gasteiger partial charge in [-0.3, -0.25) is 5.32 Å². The summed E-state index contributed by atoms with van der Waals surface area (Å²) in [7, 11) is 4.13. The molecular weight excluding hydrogens is 250 g/mol. The number of nitrogens with one attached hydrogen (secondary N) is 1. The van der Waals surface area contributed by atoms with E-state index < -0.39 is 6.23 Å². The molecule has 0 aliphatic carbocycles. The first-order valence-electron chi connectivity index (χ1n) is 6.92. The van der Waals surface area contributed by atoms with E-state index in [4.69, 9.17) is 5.73 Å². The predicted octanol–water partition coefficient (Wildman–Crippen LogP) is 1.59. The van der Waals surface area contributed by atoms with E-state index in [2.05, 4.69) is 50.3 Å². The molecule has 1 rings (SSSR count). The molecule has 0 fully saturated rings. The predicted molar refractivity (Wildman–Crippen MR) is 85.2 cm³/mol. The van der Waals surface area contributed by atoms with Gasteiger partial charge in [-0.15, -0.1) is 0 Å². The second kappa shape index (κ2) is 7.43. The van der Waals surface area contributed by atoms with Crippen LogP contribution < -0.4 is 11.1 Å². The average Bonchev–Trinajstić information content (AvgIpc) is 2.35. The van der Waals surface area contributed by atoms with Crippen LogP contribution in [0.15, 0.2) is 18.3 Å². The lowest BCUT2D eigenvalue weighted by atomic mass is 9.95. The molecule has 112 valence electrons. The first-order valence-corrected chi connectivity index (χ1v) is 6.92. The summed E-state index contributed by atoms with van der Waals surface area (Å²) >= 11 is 0. The molecule has 4 nitrogen and oxygen atoms in total. The monoisotopic (exact) mass is 277 g/mol. The molecule has 0 spiro atoms. The number of rotatable bonds is 6. The van der Waals surface area contributed by atoms with E-state index in [1.807, 2.05) is 0 Å². The van der Waals surface area contributed by atoms with E-state index in [0.29, 0.717) is 6.54 Å². The fourth-order valence-electron chi connectivity index (χ4n) is 2.14. The normalized spacial score (nSPS) is 13.8. The van der Waals surface area contributed by atoms with Gasteiger partial charge in [-0.25, -0.2) is 0 Å². The Morgan fingerprint density at radius 2 is 2.05 bits per heavy atom. The van der Waals surface area contributed by atoms with E-state index in [1.54, 1.807) is 13.1 Å². The first kappa shape index (κ1) is 16.7. The van der Waals surface area contributed by atoms with Crippen LogP contribution in [0.5, 0.6) is 0 Å². The topological polar surface area (TPSA) is 61.5 Å². The highest BCUT2D eigenvalue weighted by molar-refractivity contribution is 5.68. The number of aryl methyl sites for hydroxylation is 1. The summed E-state index contributed by atoms with van der Waals surface area (Å²) in [5.74, 6) is 0. The zero-order valence-corrected chi connectivity index (χ0v) is 13.2. The molecule has 0 heterocycles. The maximum Gasteiger partial charge on any atom is 0.102 e. The number of nitrogens with zero attached hydrogens (tertiary/aromatic N) is 1. The van der Waals surface area contributed by atoms with Gasteiger partial charge in [0.05, 0.1) is 0 Å². The quantitative estimate of drug-likeness (QED) is 0.691. The van der Waals surface area contributed by atoms with Gasteiger partial charge in [-0.2, -0.15) is 0 Å². The standard InChI is InChI=1S/C16H27N3O/c1-11-6-14(16(8-17)9-18-13(3)20)7-15(12(11)2)10-19(4)5/h6-8,13,18,20H,9-10,17H2,1-5H3/b16-8+/t13-/m1/s1. The molecule has 1 aromatic rings. The Morgan fingerprint density at radius 3 is 2.55 bits per heavy atom. The molecule has 1 aromatic carbocycles. The van der Waals surface area contributed by atoms with Crippen molar-refractivity contribution in [2.24, 2.45) is 5.73 Å². The highest BCUT2D eigenvalue weighted by Crippen LogP contribution is 2.22. The van der Waals surface area contributed by atoms with Gasteiger partial charge in [0.15, 0.2) is 0 Å². The fraction of sp³-hybridized carbons (Fsp3) is 0.500. The zero-order valence-electron chi connectivity index (χ0n) is 13.2. The summed E-state index contributed by atoms with van der Waals surface area (Å²) in [6.07, 6.45) is 1.07. The molecule has 0 radical (unpaired) electrons. The van der Waals surface area contributed by atoms with Gasteiger partial charge in [-0.05, 0) is 75.0 Å². The van der Waals surface area contributed by atoms with Crippen LogP contribution in [0.25, 0.3) is 5.57 Å². The van der Waals surface area contributed by atoms with Crippen molar-refractivity contribution < 1.29 is 5.11 Å². The molecule has 4 heteroatoms. The Kier molecular flexibility index (Phi) is 6.20. The van der Waals surface area contributed by atoms with Crippen LogP contribution in [-0.4, -0.2) is 36.9 Å². The third-order valence-corrected chi connectivity index (χ3v) is 3.42. The average molecular weight is 277 g/mol. The summed E-state index contributed by atoms with van der Waals surface area (Å²) < 4.78 is 0. The second-order valence-corrected chi connectivity index (χ2v) is 5.56. The zero-order chi connectivity index (χ0) is 15.3. The minimum atomic E-state index is -0.544. The lowest BCUT2D eigenvalue weighted by Crippen LogP contribution is -2.27. The number of hydrogen-bond donors (Lipinski definition) is 3. The lowest BCUT2D eigenvalue weighted by molar-refractivity contribution is 0.162. The van der Waals surface area contributed by atoms with Gasteiger partial charge in [0, 0.05) is 13.1 Å². The molecule has 0 bridgehead atoms. The van der Waals surface area contributed by atoms with Crippen molar-refractivity contribution in [3.05, 3.63) is 40.6 Å². The molecule has 0 aromatic heterocycles. The van der Waals surface area contributed by atoms with Gasteiger partial charge >= 0.3 is 0 Å². The number of aliphatic hydroxyl groups is 1. The Labute approximate surface area is 122 Å². The first-order chi connectivity index (χ1) is 9.35. The van der Waals surface area contributed by atoms with Gasteiger partial charge < -0.3 is 15.7 Å².